The lowest BCUT2D eigenvalue weighted by molar-refractivity contribution is -0.115. The molecule has 0 bridgehead atoms. The molecule has 2 amide bonds. The normalized spacial score (nSPS) is 10.9. The average molecular weight is 418 g/mol. The molecule has 0 heterocycles. The van der Waals surface area contributed by atoms with Crippen molar-refractivity contribution in [1.29, 1.82) is 0 Å². The number of hydrogen-bond acceptors (Lipinski definition) is 3. The molecule has 0 aliphatic rings. The average Bonchev–Trinajstić information content (AvgIpc) is 2.63. The number of amides is 2. The summed E-state index contributed by atoms with van der Waals surface area (Å²) >= 11 is 11.4. The first-order chi connectivity index (χ1) is 13.1. The van der Waals surface area contributed by atoms with E-state index in [0.717, 1.165) is 5.56 Å². The van der Waals surface area contributed by atoms with Gasteiger partial charge in [0, 0.05) is 17.7 Å². The maximum absolute atomic E-state index is 12.4. The minimum absolute atomic E-state index is 0.0147. The monoisotopic (exact) mass is 417 g/mol. The Morgan fingerprint density at radius 2 is 1.68 bits per heavy atom. The van der Waals surface area contributed by atoms with Crippen molar-refractivity contribution in [2.75, 3.05) is 10.6 Å². The smallest absolute Gasteiger partial charge is 0.257 e. The number of nitrogens with one attached hydrogen (secondary N) is 3. The molecular formula is C21H24ClN3O2S. The Morgan fingerprint density at radius 1 is 1.04 bits per heavy atom. The first-order valence-electron chi connectivity index (χ1n) is 8.92. The number of hydrogen-bond donors (Lipinski definition) is 3. The van der Waals surface area contributed by atoms with Gasteiger partial charge >= 0.3 is 0 Å². The van der Waals surface area contributed by atoms with Crippen LogP contribution in [-0.2, 0) is 10.2 Å². The second-order valence-corrected chi connectivity index (χ2v) is 8.15. The third-order valence-electron chi connectivity index (χ3n) is 4.06. The van der Waals surface area contributed by atoms with Crippen molar-refractivity contribution in [3.05, 3.63) is 58.6 Å². The van der Waals surface area contributed by atoms with Crippen LogP contribution in [0.5, 0.6) is 0 Å². The van der Waals surface area contributed by atoms with Crippen LogP contribution < -0.4 is 16.0 Å². The van der Waals surface area contributed by atoms with E-state index in [9.17, 15) is 9.59 Å². The van der Waals surface area contributed by atoms with E-state index in [4.69, 9.17) is 23.8 Å². The fraction of sp³-hybridized carbons (Fsp3) is 0.286. The number of thiocarbonyl (C=S) groups is 1. The summed E-state index contributed by atoms with van der Waals surface area (Å²) in [5.74, 6) is -0.424. The maximum Gasteiger partial charge on any atom is 0.257 e. The molecule has 2 aromatic carbocycles. The lowest BCUT2D eigenvalue weighted by Gasteiger charge is -2.19. The predicted octanol–water partition coefficient (Wildman–Crippen LogP) is 5.11. The highest BCUT2D eigenvalue weighted by molar-refractivity contribution is 7.80. The van der Waals surface area contributed by atoms with Gasteiger partial charge in [-0.05, 0) is 53.5 Å². The van der Waals surface area contributed by atoms with E-state index in [1.807, 2.05) is 12.1 Å². The highest BCUT2D eigenvalue weighted by atomic mass is 35.5. The minimum atomic E-state index is -0.315. The number of anilines is 2. The predicted molar refractivity (Wildman–Crippen MR) is 119 cm³/mol. The molecule has 7 heteroatoms. The van der Waals surface area contributed by atoms with E-state index < -0.39 is 0 Å². The van der Waals surface area contributed by atoms with Crippen LogP contribution in [0, 0.1) is 0 Å². The maximum atomic E-state index is 12.4. The Balaban J connectivity index is 2.04. The third kappa shape index (κ3) is 6.04. The van der Waals surface area contributed by atoms with E-state index >= 15 is 0 Å². The molecule has 0 fully saturated rings. The summed E-state index contributed by atoms with van der Waals surface area (Å²) in [7, 11) is 0. The molecule has 0 radical (unpaired) electrons. The first kappa shape index (κ1) is 21.9. The SMILES string of the molecule is CCC(=O)Nc1ccc(Cl)c(NC(=S)NC(=O)c2ccc(C(C)(C)C)cc2)c1. The van der Waals surface area contributed by atoms with Crippen LogP contribution in [0.4, 0.5) is 11.4 Å². The third-order valence-corrected chi connectivity index (χ3v) is 4.59. The van der Waals surface area contributed by atoms with E-state index in [0.29, 0.717) is 28.4 Å². The summed E-state index contributed by atoms with van der Waals surface area (Å²) in [5, 5.41) is 8.81. The van der Waals surface area contributed by atoms with Crippen molar-refractivity contribution in [1.82, 2.24) is 5.32 Å². The van der Waals surface area contributed by atoms with Gasteiger partial charge in [-0.2, -0.15) is 0 Å². The fourth-order valence-corrected chi connectivity index (χ4v) is 2.77. The molecule has 0 aromatic heterocycles. The lowest BCUT2D eigenvalue weighted by Crippen LogP contribution is -2.34. The van der Waals surface area contributed by atoms with Crippen LogP contribution in [0.2, 0.25) is 5.02 Å². The Kier molecular flexibility index (Phi) is 7.16. The summed E-state index contributed by atoms with van der Waals surface area (Å²) in [6, 6.07) is 12.4. The number of carbonyl (C=O) groups is 2. The molecule has 0 aliphatic carbocycles. The Hall–Kier alpha value is -2.44. The zero-order valence-electron chi connectivity index (χ0n) is 16.4. The van der Waals surface area contributed by atoms with E-state index in [2.05, 4.69) is 36.7 Å². The van der Waals surface area contributed by atoms with Crippen molar-refractivity contribution in [3.8, 4) is 0 Å². The van der Waals surface area contributed by atoms with Crippen LogP contribution >= 0.6 is 23.8 Å². The van der Waals surface area contributed by atoms with Crippen molar-refractivity contribution in [3.63, 3.8) is 0 Å². The molecule has 0 spiro atoms. The molecule has 0 unspecified atom stereocenters. The largest absolute Gasteiger partial charge is 0.331 e. The van der Waals surface area contributed by atoms with Gasteiger partial charge in [0.15, 0.2) is 5.11 Å². The summed E-state index contributed by atoms with van der Waals surface area (Å²) in [5.41, 5.74) is 2.74. The van der Waals surface area contributed by atoms with Crippen molar-refractivity contribution >= 4 is 52.1 Å². The first-order valence-corrected chi connectivity index (χ1v) is 9.71. The lowest BCUT2D eigenvalue weighted by atomic mass is 9.87. The van der Waals surface area contributed by atoms with Gasteiger partial charge in [-0.15, -0.1) is 0 Å². The van der Waals surface area contributed by atoms with Gasteiger partial charge < -0.3 is 10.6 Å². The zero-order chi connectivity index (χ0) is 20.9. The molecule has 2 rings (SSSR count). The quantitative estimate of drug-likeness (QED) is 0.604. The highest BCUT2D eigenvalue weighted by Crippen LogP contribution is 2.26. The fourth-order valence-electron chi connectivity index (χ4n) is 2.40. The van der Waals surface area contributed by atoms with E-state index in [1.54, 1.807) is 37.3 Å². The standard InChI is InChI=1S/C21H24ClN3O2S/c1-5-18(26)23-15-10-11-16(22)17(12-15)24-20(28)25-19(27)13-6-8-14(9-7-13)21(2,3)4/h6-12H,5H2,1-4H3,(H,23,26)(H2,24,25,27,28). The summed E-state index contributed by atoms with van der Waals surface area (Å²) < 4.78 is 0. The van der Waals surface area contributed by atoms with Gasteiger partial charge in [0.2, 0.25) is 5.91 Å². The van der Waals surface area contributed by atoms with Crippen molar-refractivity contribution in [2.45, 2.75) is 39.5 Å². The Bertz CT molecular complexity index is 890. The molecule has 0 atom stereocenters. The number of halogens is 1. The summed E-state index contributed by atoms with van der Waals surface area (Å²) in [6.45, 7) is 8.11. The molecule has 28 heavy (non-hydrogen) atoms. The van der Waals surface area contributed by atoms with Crippen LogP contribution in [0.15, 0.2) is 42.5 Å². The van der Waals surface area contributed by atoms with Crippen LogP contribution in [0.25, 0.3) is 0 Å². The highest BCUT2D eigenvalue weighted by Gasteiger charge is 2.15. The van der Waals surface area contributed by atoms with Gasteiger partial charge in [0.1, 0.15) is 0 Å². The molecule has 0 saturated carbocycles. The molecule has 148 valence electrons. The van der Waals surface area contributed by atoms with E-state index in [1.165, 1.54) is 0 Å². The molecule has 2 aromatic rings. The summed E-state index contributed by atoms with van der Waals surface area (Å²) in [6.07, 6.45) is 0.369. The minimum Gasteiger partial charge on any atom is -0.331 e. The van der Waals surface area contributed by atoms with Gasteiger partial charge in [0.25, 0.3) is 5.91 Å². The second kappa shape index (κ2) is 9.17. The second-order valence-electron chi connectivity index (χ2n) is 7.33. The van der Waals surface area contributed by atoms with Gasteiger partial charge in [-0.25, -0.2) is 0 Å². The Morgan fingerprint density at radius 3 is 2.25 bits per heavy atom. The zero-order valence-corrected chi connectivity index (χ0v) is 17.9. The Labute approximate surface area is 175 Å². The number of carbonyl (C=O) groups excluding carboxylic acids is 2. The molecule has 5 nitrogen and oxygen atoms in total. The van der Waals surface area contributed by atoms with Gasteiger partial charge in [-0.3, -0.25) is 14.9 Å². The number of rotatable bonds is 4. The molecule has 0 aliphatic heterocycles. The van der Waals surface area contributed by atoms with Gasteiger partial charge in [-0.1, -0.05) is 51.4 Å². The van der Waals surface area contributed by atoms with Gasteiger partial charge in [0.05, 0.1) is 10.7 Å². The topological polar surface area (TPSA) is 70.2 Å². The van der Waals surface area contributed by atoms with Crippen LogP contribution in [0.3, 0.4) is 0 Å². The molecule has 3 N–H and O–H groups in total. The number of benzene rings is 2. The van der Waals surface area contributed by atoms with Crippen LogP contribution in [0.1, 0.15) is 50.0 Å². The summed E-state index contributed by atoms with van der Waals surface area (Å²) in [4.78, 5) is 24.0. The van der Waals surface area contributed by atoms with Crippen molar-refractivity contribution in [2.24, 2.45) is 0 Å². The molecular weight excluding hydrogens is 394 g/mol. The van der Waals surface area contributed by atoms with E-state index in [-0.39, 0.29) is 22.3 Å². The molecule has 0 saturated heterocycles. The van der Waals surface area contributed by atoms with Crippen LogP contribution in [-0.4, -0.2) is 16.9 Å². The van der Waals surface area contributed by atoms with Crippen molar-refractivity contribution < 1.29 is 9.59 Å².